The van der Waals surface area contributed by atoms with Crippen LogP contribution in [0.3, 0.4) is 0 Å². The van der Waals surface area contributed by atoms with Gasteiger partial charge in [-0.15, -0.1) is 10.2 Å². The van der Waals surface area contributed by atoms with E-state index >= 15 is 0 Å². The van der Waals surface area contributed by atoms with E-state index in [4.69, 9.17) is 4.42 Å². The number of hydrogen-bond donors (Lipinski definition) is 1. The van der Waals surface area contributed by atoms with E-state index in [2.05, 4.69) is 15.5 Å². The van der Waals surface area contributed by atoms with Gasteiger partial charge in [0.15, 0.2) is 9.84 Å². The van der Waals surface area contributed by atoms with E-state index in [1.165, 1.54) is 6.07 Å². The second kappa shape index (κ2) is 7.52. The molecule has 0 aliphatic carbocycles. The molecule has 1 amide bonds. The number of halogens is 1. The summed E-state index contributed by atoms with van der Waals surface area (Å²) in [7, 11) is -3.03. The molecule has 0 saturated carbocycles. The van der Waals surface area contributed by atoms with Crippen LogP contribution in [-0.4, -0.2) is 41.8 Å². The normalized spacial score (nSPS) is 19.0. The highest BCUT2D eigenvalue weighted by atomic mass is 32.2. The Morgan fingerprint density at radius 2 is 2.16 bits per heavy atom. The minimum Gasteiger partial charge on any atom is -0.416 e. The predicted octanol–water partition coefficient (Wildman–Crippen LogP) is 1.52. The molecule has 0 bridgehead atoms. The van der Waals surface area contributed by atoms with E-state index in [0.717, 1.165) is 11.8 Å². The van der Waals surface area contributed by atoms with Crippen molar-refractivity contribution >= 4 is 27.5 Å². The molecule has 1 saturated heterocycles. The summed E-state index contributed by atoms with van der Waals surface area (Å²) in [5.74, 6) is -0.473. The van der Waals surface area contributed by atoms with E-state index in [1.807, 2.05) is 0 Å². The first kappa shape index (κ1) is 17.9. The van der Waals surface area contributed by atoms with Crippen molar-refractivity contribution in [1.82, 2.24) is 15.5 Å². The van der Waals surface area contributed by atoms with E-state index in [9.17, 15) is 17.6 Å². The maximum atomic E-state index is 13.5. The fourth-order valence-electron chi connectivity index (χ4n) is 2.45. The Kier molecular flexibility index (Phi) is 5.38. The number of sulfone groups is 1. The zero-order valence-corrected chi connectivity index (χ0v) is 14.8. The maximum Gasteiger partial charge on any atom is 0.277 e. The Morgan fingerprint density at radius 1 is 1.36 bits per heavy atom. The third kappa shape index (κ3) is 4.79. The van der Waals surface area contributed by atoms with Gasteiger partial charge in [0.2, 0.25) is 11.8 Å². The number of amides is 1. The summed E-state index contributed by atoms with van der Waals surface area (Å²) in [6.45, 7) is 0.0983. The third-order valence-corrected chi connectivity index (χ3v) is 6.35. The SMILES string of the molecule is O=C(CSc1nnc([C@@H]2CCS(=O)(=O)C2)o1)NCc1ccccc1F. The molecule has 1 aliphatic rings. The summed E-state index contributed by atoms with van der Waals surface area (Å²) in [6, 6.07) is 6.21. The Hall–Kier alpha value is -1.94. The molecule has 0 radical (unpaired) electrons. The average Bonchev–Trinajstić information content (AvgIpc) is 3.18. The van der Waals surface area contributed by atoms with Crippen LogP contribution in [0, 0.1) is 5.82 Å². The minimum absolute atomic E-state index is 0.0163. The number of hydrogen-bond acceptors (Lipinski definition) is 7. The molecule has 0 unspecified atom stereocenters. The number of carbonyl (C=O) groups is 1. The Balaban J connectivity index is 1.47. The van der Waals surface area contributed by atoms with E-state index in [-0.39, 0.29) is 52.6 Å². The van der Waals surface area contributed by atoms with E-state index < -0.39 is 9.84 Å². The van der Waals surface area contributed by atoms with Crippen LogP contribution >= 0.6 is 11.8 Å². The van der Waals surface area contributed by atoms with Crippen LogP contribution in [0.25, 0.3) is 0 Å². The monoisotopic (exact) mass is 385 g/mol. The lowest BCUT2D eigenvalue weighted by Crippen LogP contribution is -2.25. The highest BCUT2D eigenvalue weighted by Gasteiger charge is 2.32. The Labute approximate surface area is 148 Å². The zero-order valence-electron chi connectivity index (χ0n) is 13.1. The minimum atomic E-state index is -3.03. The quantitative estimate of drug-likeness (QED) is 0.752. The smallest absolute Gasteiger partial charge is 0.277 e. The van der Waals surface area contributed by atoms with Crippen molar-refractivity contribution in [2.45, 2.75) is 24.1 Å². The van der Waals surface area contributed by atoms with Crippen molar-refractivity contribution < 1.29 is 22.0 Å². The van der Waals surface area contributed by atoms with Gasteiger partial charge in [0.05, 0.1) is 23.2 Å². The largest absolute Gasteiger partial charge is 0.416 e. The molecule has 1 fully saturated rings. The van der Waals surface area contributed by atoms with Gasteiger partial charge in [-0.1, -0.05) is 30.0 Å². The number of aromatic nitrogens is 2. The Morgan fingerprint density at radius 3 is 2.88 bits per heavy atom. The van der Waals surface area contributed by atoms with E-state index in [0.29, 0.717) is 12.0 Å². The number of carbonyl (C=O) groups excluding carboxylic acids is 1. The fourth-order valence-corrected chi connectivity index (χ4v) is 4.78. The van der Waals surface area contributed by atoms with Gasteiger partial charge in [0.25, 0.3) is 5.22 Å². The molecular formula is C15H16FN3O4S2. The van der Waals surface area contributed by atoms with Crippen molar-refractivity contribution in [2.75, 3.05) is 17.3 Å². The molecular weight excluding hydrogens is 369 g/mol. The van der Waals surface area contributed by atoms with Gasteiger partial charge in [-0.2, -0.15) is 0 Å². The molecule has 1 aromatic carbocycles. The van der Waals surface area contributed by atoms with Crippen LogP contribution < -0.4 is 5.32 Å². The summed E-state index contributed by atoms with van der Waals surface area (Å²) >= 11 is 1.05. The van der Waals surface area contributed by atoms with Gasteiger partial charge in [-0.3, -0.25) is 4.79 Å². The van der Waals surface area contributed by atoms with Gasteiger partial charge >= 0.3 is 0 Å². The number of nitrogens with zero attached hydrogens (tertiary/aromatic N) is 2. The van der Waals surface area contributed by atoms with Crippen LogP contribution in [0.5, 0.6) is 0 Å². The van der Waals surface area contributed by atoms with Crippen molar-refractivity contribution in [1.29, 1.82) is 0 Å². The maximum absolute atomic E-state index is 13.5. The number of nitrogens with one attached hydrogen (secondary N) is 1. The molecule has 1 aliphatic heterocycles. The fraction of sp³-hybridized carbons (Fsp3) is 0.400. The molecule has 0 spiro atoms. The molecule has 1 aromatic heterocycles. The predicted molar refractivity (Wildman–Crippen MR) is 89.3 cm³/mol. The first-order valence-corrected chi connectivity index (χ1v) is 10.4. The number of thioether (sulfide) groups is 1. The summed E-state index contributed by atoms with van der Waals surface area (Å²) in [4.78, 5) is 11.8. The summed E-state index contributed by atoms with van der Waals surface area (Å²) < 4.78 is 41.8. The zero-order chi connectivity index (χ0) is 17.9. The van der Waals surface area contributed by atoms with Crippen molar-refractivity contribution in [3.05, 3.63) is 41.5 Å². The van der Waals surface area contributed by atoms with Gasteiger partial charge in [-0.25, -0.2) is 12.8 Å². The van der Waals surface area contributed by atoms with Crippen LogP contribution in [0.2, 0.25) is 0 Å². The molecule has 2 aromatic rings. The van der Waals surface area contributed by atoms with Gasteiger partial charge in [0.1, 0.15) is 5.82 Å². The highest BCUT2D eigenvalue weighted by molar-refractivity contribution is 7.99. The molecule has 1 atom stereocenters. The first-order valence-electron chi connectivity index (χ1n) is 7.60. The molecule has 10 heteroatoms. The van der Waals surface area contributed by atoms with Crippen LogP contribution in [0.15, 0.2) is 33.9 Å². The van der Waals surface area contributed by atoms with E-state index in [1.54, 1.807) is 18.2 Å². The van der Waals surface area contributed by atoms with Crippen molar-refractivity contribution in [3.63, 3.8) is 0 Å². The van der Waals surface area contributed by atoms with Crippen LogP contribution in [0.4, 0.5) is 4.39 Å². The summed E-state index contributed by atoms with van der Waals surface area (Å²) in [5.41, 5.74) is 0.406. The molecule has 7 nitrogen and oxygen atoms in total. The number of rotatable bonds is 6. The second-order valence-electron chi connectivity index (χ2n) is 5.66. The first-order chi connectivity index (χ1) is 11.9. The molecule has 3 rings (SSSR count). The lowest BCUT2D eigenvalue weighted by atomic mass is 10.1. The van der Waals surface area contributed by atoms with Crippen molar-refractivity contribution in [2.24, 2.45) is 0 Å². The van der Waals surface area contributed by atoms with Crippen molar-refractivity contribution in [3.8, 4) is 0 Å². The highest BCUT2D eigenvalue weighted by Crippen LogP contribution is 2.29. The topological polar surface area (TPSA) is 102 Å². The standard InChI is InChI=1S/C15H16FN3O4S2/c16-12-4-2-1-3-10(12)7-17-13(20)8-24-15-19-18-14(23-15)11-5-6-25(21,22)9-11/h1-4,11H,5-9H2,(H,17,20)/t11-/m1/s1. The lowest BCUT2D eigenvalue weighted by molar-refractivity contribution is -0.118. The van der Waals surface area contributed by atoms with Gasteiger partial charge in [0, 0.05) is 12.1 Å². The average molecular weight is 385 g/mol. The van der Waals surface area contributed by atoms with Crippen LogP contribution in [-0.2, 0) is 21.2 Å². The summed E-state index contributed by atoms with van der Waals surface area (Å²) in [5, 5.41) is 10.5. The summed E-state index contributed by atoms with van der Waals surface area (Å²) in [6.07, 6.45) is 0.470. The van der Waals surface area contributed by atoms with Crippen LogP contribution in [0.1, 0.15) is 23.8 Å². The van der Waals surface area contributed by atoms with Gasteiger partial charge < -0.3 is 9.73 Å². The molecule has 2 heterocycles. The second-order valence-corrected chi connectivity index (χ2v) is 8.82. The third-order valence-electron chi connectivity index (χ3n) is 3.76. The van der Waals surface area contributed by atoms with Gasteiger partial charge in [-0.05, 0) is 12.5 Å². The molecule has 134 valence electrons. The Bertz CT molecular complexity index is 869. The lowest BCUT2D eigenvalue weighted by Gasteiger charge is -2.05. The molecule has 25 heavy (non-hydrogen) atoms. The number of benzene rings is 1. The molecule has 1 N–H and O–H groups in total.